The molecule has 2 atom stereocenters. The molecule has 0 saturated carbocycles. The predicted molar refractivity (Wildman–Crippen MR) is 124 cm³/mol. The van der Waals surface area contributed by atoms with E-state index in [2.05, 4.69) is 53.5 Å². The number of nitrogens with zero attached hydrogens (tertiary/aromatic N) is 1. The number of aryl methyl sites for hydroxylation is 1. The summed E-state index contributed by atoms with van der Waals surface area (Å²) in [7, 11) is 1.69. The van der Waals surface area contributed by atoms with Crippen molar-refractivity contribution in [3.8, 4) is 11.5 Å². The number of rotatable bonds is 7. The number of benzene rings is 2. The second-order valence-corrected chi connectivity index (χ2v) is 8.28. The average molecular weight is 455 g/mol. The van der Waals surface area contributed by atoms with Crippen molar-refractivity contribution in [2.45, 2.75) is 20.1 Å². The Hall–Kier alpha value is -1.50. The highest BCUT2D eigenvalue weighted by Crippen LogP contribution is 2.39. The molecule has 166 valence electrons. The molecule has 2 aliphatic heterocycles. The molecule has 2 saturated heterocycles. The van der Waals surface area contributed by atoms with Crippen LogP contribution in [-0.2, 0) is 13.2 Å². The summed E-state index contributed by atoms with van der Waals surface area (Å²) in [4.78, 5) is 2.45. The number of ether oxygens (including phenoxy) is 2. The van der Waals surface area contributed by atoms with Gasteiger partial charge in [0, 0.05) is 31.6 Å². The molecule has 30 heavy (non-hydrogen) atoms. The molecule has 0 amide bonds. The summed E-state index contributed by atoms with van der Waals surface area (Å²) in [5.41, 5.74) is 3.62. The second-order valence-electron chi connectivity index (χ2n) is 8.28. The molecule has 0 spiro atoms. The fourth-order valence-corrected chi connectivity index (χ4v) is 4.63. The lowest BCUT2D eigenvalue weighted by molar-refractivity contribution is 0.124. The van der Waals surface area contributed by atoms with Crippen molar-refractivity contribution in [2.75, 3.05) is 39.9 Å². The highest BCUT2D eigenvalue weighted by molar-refractivity contribution is 5.85. The summed E-state index contributed by atoms with van der Waals surface area (Å²) in [5.74, 6) is 2.07. The molecule has 2 unspecified atom stereocenters. The number of halogens is 2. The van der Waals surface area contributed by atoms with Gasteiger partial charge in [-0.15, -0.1) is 24.8 Å². The maximum atomic E-state index is 9.90. The van der Waals surface area contributed by atoms with E-state index < -0.39 is 0 Å². The number of fused-ring (bicyclic) bond motifs is 1. The molecule has 2 heterocycles. The molecule has 7 heteroatoms. The molecule has 5 nitrogen and oxygen atoms in total. The van der Waals surface area contributed by atoms with Crippen LogP contribution in [-0.4, -0.2) is 49.9 Å². The second kappa shape index (κ2) is 10.7. The number of nitrogens with one attached hydrogen (secondary N) is 1. The lowest BCUT2D eigenvalue weighted by Gasteiger charge is -2.25. The third-order valence-corrected chi connectivity index (χ3v) is 6.18. The Balaban J connectivity index is 0.00000160. The molecule has 0 aliphatic carbocycles. The van der Waals surface area contributed by atoms with E-state index >= 15 is 0 Å². The number of aliphatic hydroxyl groups is 1. The highest BCUT2D eigenvalue weighted by atomic mass is 35.5. The maximum Gasteiger partial charge on any atom is 0.161 e. The molecule has 2 aromatic carbocycles. The number of hydrogen-bond donors (Lipinski definition) is 2. The summed E-state index contributed by atoms with van der Waals surface area (Å²) in [6.45, 7) is 7.63. The smallest absolute Gasteiger partial charge is 0.161 e. The van der Waals surface area contributed by atoms with E-state index in [4.69, 9.17) is 9.47 Å². The zero-order valence-corrected chi connectivity index (χ0v) is 19.2. The van der Waals surface area contributed by atoms with Gasteiger partial charge in [-0.3, -0.25) is 4.90 Å². The van der Waals surface area contributed by atoms with Crippen LogP contribution in [0, 0.1) is 18.3 Å². The minimum Gasteiger partial charge on any atom is -0.493 e. The summed E-state index contributed by atoms with van der Waals surface area (Å²) in [6.07, 6.45) is 0. The first kappa shape index (κ1) is 24.8. The van der Waals surface area contributed by atoms with Crippen molar-refractivity contribution in [2.24, 2.45) is 11.3 Å². The summed E-state index contributed by atoms with van der Waals surface area (Å²) >= 11 is 0. The van der Waals surface area contributed by atoms with Crippen LogP contribution in [0.5, 0.6) is 11.5 Å². The Morgan fingerprint density at radius 2 is 1.97 bits per heavy atom. The average Bonchev–Trinajstić information content (AvgIpc) is 3.24. The van der Waals surface area contributed by atoms with Gasteiger partial charge in [0.25, 0.3) is 0 Å². The van der Waals surface area contributed by atoms with Gasteiger partial charge in [0.15, 0.2) is 11.5 Å². The Labute approximate surface area is 191 Å². The van der Waals surface area contributed by atoms with Crippen LogP contribution in [0.15, 0.2) is 42.5 Å². The van der Waals surface area contributed by atoms with E-state index in [0.29, 0.717) is 12.5 Å². The van der Waals surface area contributed by atoms with Crippen LogP contribution in [0.25, 0.3) is 0 Å². The topological polar surface area (TPSA) is 54.0 Å². The van der Waals surface area contributed by atoms with Gasteiger partial charge in [0.05, 0.1) is 13.7 Å². The van der Waals surface area contributed by atoms with Gasteiger partial charge in [-0.05, 0) is 42.6 Å². The van der Waals surface area contributed by atoms with Crippen LogP contribution >= 0.6 is 24.8 Å². The summed E-state index contributed by atoms with van der Waals surface area (Å²) < 4.78 is 11.6. The van der Waals surface area contributed by atoms with Gasteiger partial charge < -0.3 is 19.9 Å². The first-order chi connectivity index (χ1) is 13.6. The quantitative estimate of drug-likeness (QED) is 0.670. The number of methoxy groups -OCH3 is 1. The third-order valence-electron chi connectivity index (χ3n) is 6.18. The molecule has 4 rings (SSSR count). The number of likely N-dealkylation sites (tertiary alicyclic amines) is 1. The molecule has 2 fully saturated rings. The van der Waals surface area contributed by atoms with Crippen molar-refractivity contribution in [1.82, 2.24) is 10.2 Å². The van der Waals surface area contributed by atoms with E-state index in [9.17, 15) is 5.11 Å². The molecular formula is C23H32Cl2N2O3. The number of hydrogen-bond acceptors (Lipinski definition) is 5. The first-order valence-electron chi connectivity index (χ1n) is 10.0. The van der Waals surface area contributed by atoms with Crippen molar-refractivity contribution in [3.63, 3.8) is 0 Å². The Bertz CT molecular complexity index is 836. The van der Waals surface area contributed by atoms with Crippen molar-refractivity contribution < 1.29 is 14.6 Å². The number of aliphatic hydroxyl groups excluding tert-OH is 1. The monoisotopic (exact) mass is 454 g/mol. The molecule has 0 bridgehead atoms. The molecule has 2 aromatic rings. The zero-order chi connectivity index (χ0) is 19.6. The van der Waals surface area contributed by atoms with Crippen molar-refractivity contribution in [1.29, 1.82) is 0 Å². The SMILES string of the molecule is COc1cc(CN2CC3CNCC3(CO)C2)ccc1OCc1cccc(C)c1.Cl.Cl. The van der Waals surface area contributed by atoms with Gasteiger partial charge in [-0.1, -0.05) is 35.9 Å². The molecule has 2 N–H and O–H groups in total. The van der Waals surface area contributed by atoms with E-state index in [-0.39, 0.29) is 36.8 Å². The van der Waals surface area contributed by atoms with Crippen LogP contribution in [0.3, 0.4) is 0 Å². The molecule has 2 aliphatic rings. The van der Waals surface area contributed by atoms with E-state index in [1.807, 2.05) is 6.07 Å². The maximum absolute atomic E-state index is 9.90. The predicted octanol–water partition coefficient (Wildman–Crippen LogP) is 3.44. The van der Waals surface area contributed by atoms with Crippen LogP contribution in [0.1, 0.15) is 16.7 Å². The van der Waals surface area contributed by atoms with Crippen LogP contribution in [0.2, 0.25) is 0 Å². The van der Waals surface area contributed by atoms with Crippen LogP contribution < -0.4 is 14.8 Å². The zero-order valence-electron chi connectivity index (χ0n) is 17.6. The normalized spacial score (nSPS) is 22.7. The van der Waals surface area contributed by atoms with E-state index in [0.717, 1.165) is 49.8 Å². The largest absolute Gasteiger partial charge is 0.493 e. The van der Waals surface area contributed by atoms with E-state index in [1.54, 1.807) is 7.11 Å². The first-order valence-corrected chi connectivity index (χ1v) is 10.0. The van der Waals surface area contributed by atoms with Gasteiger partial charge in [0.2, 0.25) is 0 Å². The van der Waals surface area contributed by atoms with Crippen molar-refractivity contribution in [3.05, 3.63) is 59.2 Å². The Morgan fingerprint density at radius 3 is 2.67 bits per heavy atom. The summed E-state index contributed by atoms with van der Waals surface area (Å²) in [5, 5.41) is 13.3. The molecule has 0 radical (unpaired) electrons. The van der Waals surface area contributed by atoms with Gasteiger partial charge in [0.1, 0.15) is 6.61 Å². The molecular weight excluding hydrogens is 423 g/mol. The fourth-order valence-electron chi connectivity index (χ4n) is 4.63. The van der Waals surface area contributed by atoms with Gasteiger partial charge in [-0.25, -0.2) is 0 Å². The minimum atomic E-state index is 0. The summed E-state index contributed by atoms with van der Waals surface area (Å²) in [6, 6.07) is 14.5. The highest BCUT2D eigenvalue weighted by Gasteiger charge is 2.48. The molecule has 0 aromatic heterocycles. The van der Waals surface area contributed by atoms with Crippen LogP contribution in [0.4, 0.5) is 0 Å². The minimum absolute atomic E-state index is 0. The Kier molecular flexibility index (Phi) is 8.83. The third kappa shape index (κ3) is 5.21. The Morgan fingerprint density at radius 1 is 1.13 bits per heavy atom. The van der Waals surface area contributed by atoms with Crippen molar-refractivity contribution >= 4 is 24.8 Å². The van der Waals surface area contributed by atoms with Gasteiger partial charge >= 0.3 is 0 Å². The standard InChI is InChI=1S/C23H30N2O3.2ClH/c1-17-4-3-5-19(8-17)13-28-21-7-6-18(9-22(21)27-2)11-25-12-20-10-24-14-23(20,15-25)16-26;;/h3-9,20,24,26H,10-16H2,1-2H3;2*1H. The lowest BCUT2D eigenvalue weighted by Crippen LogP contribution is -2.35. The van der Waals surface area contributed by atoms with Gasteiger partial charge in [-0.2, -0.15) is 0 Å². The van der Waals surface area contributed by atoms with E-state index in [1.165, 1.54) is 11.1 Å². The fraction of sp³-hybridized carbons (Fsp3) is 0.478. The lowest BCUT2D eigenvalue weighted by atomic mass is 9.82.